The quantitative estimate of drug-likeness (QED) is 0.739. The summed E-state index contributed by atoms with van der Waals surface area (Å²) in [6, 6.07) is 0. The Balaban J connectivity index is 2.47. The van der Waals surface area contributed by atoms with Gasteiger partial charge in [0.1, 0.15) is 0 Å². The first-order chi connectivity index (χ1) is 6.87. The monoisotopic (exact) mass is 226 g/mol. The van der Waals surface area contributed by atoms with Crippen LogP contribution in [0, 0.1) is 0 Å². The number of rotatable bonds is 3. The number of hydrogen-bond acceptors (Lipinski definition) is 3. The molecule has 0 radical (unpaired) electrons. The van der Waals surface area contributed by atoms with Crippen LogP contribution in [-0.2, 0) is 0 Å². The molecule has 1 fully saturated rings. The Hall–Kier alpha value is -0.330. The van der Waals surface area contributed by atoms with E-state index in [4.69, 9.17) is 0 Å². The Bertz CT molecular complexity index is 200. The summed E-state index contributed by atoms with van der Waals surface area (Å²) >= 11 is 0. The zero-order chi connectivity index (χ0) is 11.5. The number of nitrogens with one attached hydrogen (secondary N) is 1. The van der Waals surface area contributed by atoms with Crippen molar-refractivity contribution in [1.29, 1.82) is 0 Å². The fraction of sp³-hybridized carbons (Fsp3) is 1.00. The molecule has 1 rings (SSSR count). The van der Waals surface area contributed by atoms with Crippen LogP contribution in [0.1, 0.15) is 12.8 Å². The van der Waals surface area contributed by atoms with Crippen LogP contribution < -0.4 is 5.32 Å². The second-order valence-corrected chi connectivity index (χ2v) is 4.21. The van der Waals surface area contributed by atoms with Gasteiger partial charge in [-0.25, -0.2) is 0 Å². The molecule has 0 aliphatic carbocycles. The maximum atomic E-state index is 12.0. The molecule has 90 valence electrons. The lowest BCUT2D eigenvalue weighted by atomic mass is 9.88. The van der Waals surface area contributed by atoms with Gasteiger partial charge in [0, 0.05) is 5.54 Å². The highest BCUT2D eigenvalue weighted by atomic mass is 19.4. The summed E-state index contributed by atoms with van der Waals surface area (Å²) in [5.74, 6) is 0. The number of likely N-dealkylation sites (tertiary alicyclic amines) is 1. The second-order valence-electron chi connectivity index (χ2n) is 4.21. The van der Waals surface area contributed by atoms with Crippen molar-refractivity contribution in [2.45, 2.75) is 24.6 Å². The molecule has 1 saturated heterocycles. The summed E-state index contributed by atoms with van der Waals surface area (Å²) in [6.45, 7) is 0.158. The van der Waals surface area contributed by atoms with E-state index >= 15 is 0 Å². The maximum Gasteiger partial charge on any atom is 0.401 e. The third-order valence-electron chi connectivity index (χ3n) is 2.91. The Kier molecular flexibility index (Phi) is 3.97. The number of nitrogens with zero attached hydrogens (tertiary/aromatic N) is 1. The first-order valence-electron chi connectivity index (χ1n) is 4.98. The molecule has 0 amide bonds. The molecular formula is C9H17F3N2O. The molecule has 0 aromatic rings. The molecule has 0 saturated carbocycles. The molecule has 1 heterocycles. The smallest absolute Gasteiger partial charge is 0.394 e. The van der Waals surface area contributed by atoms with Crippen molar-refractivity contribution < 1.29 is 18.3 Å². The van der Waals surface area contributed by atoms with E-state index in [0.717, 1.165) is 0 Å². The molecule has 0 bridgehead atoms. The van der Waals surface area contributed by atoms with Crippen molar-refractivity contribution in [3.05, 3.63) is 0 Å². The SMILES string of the molecule is CN1CCC(CO)(NCC(F)(F)F)CC1. The molecule has 3 nitrogen and oxygen atoms in total. The van der Waals surface area contributed by atoms with Crippen molar-refractivity contribution in [2.75, 3.05) is 33.3 Å². The van der Waals surface area contributed by atoms with Crippen molar-refractivity contribution in [2.24, 2.45) is 0 Å². The van der Waals surface area contributed by atoms with Crippen molar-refractivity contribution >= 4 is 0 Å². The predicted octanol–water partition coefficient (Wildman–Crippen LogP) is 0.595. The van der Waals surface area contributed by atoms with Gasteiger partial charge in [-0.15, -0.1) is 0 Å². The van der Waals surface area contributed by atoms with E-state index in [1.54, 1.807) is 0 Å². The van der Waals surface area contributed by atoms with Gasteiger partial charge < -0.3 is 15.3 Å². The highest BCUT2D eigenvalue weighted by Crippen LogP contribution is 2.23. The minimum atomic E-state index is -4.22. The lowest BCUT2D eigenvalue weighted by molar-refractivity contribution is -0.131. The van der Waals surface area contributed by atoms with E-state index in [9.17, 15) is 18.3 Å². The van der Waals surface area contributed by atoms with E-state index in [1.165, 1.54) is 0 Å². The maximum absolute atomic E-state index is 12.0. The van der Waals surface area contributed by atoms with Gasteiger partial charge in [0.15, 0.2) is 0 Å². The molecule has 1 aliphatic rings. The van der Waals surface area contributed by atoms with E-state index in [2.05, 4.69) is 5.32 Å². The first-order valence-corrected chi connectivity index (χ1v) is 4.98. The molecule has 0 unspecified atom stereocenters. The fourth-order valence-electron chi connectivity index (χ4n) is 1.73. The highest BCUT2D eigenvalue weighted by molar-refractivity contribution is 4.92. The van der Waals surface area contributed by atoms with Gasteiger partial charge >= 0.3 is 6.18 Å². The summed E-state index contributed by atoms with van der Waals surface area (Å²) in [5.41, 5.74) is -0.748. The lowest BCUT2D eigenvalue weighted by Gasteiger charge is -2.40. The molecule has 6 heteroatoms. The zero-order valence-corrected chi connectivity index (χ0v) is 8.77. The summed E-state index contributed by atoms with van der Waals surface area (Å²) < 4.78 is 36.1. The van der Waals surface area contributed by atoms with Crippen molar-refractivity contribution in [1.82, 2.24) is 10.2 Å². The highest BCUT2D eigenvalue weighted by Gasteiger charge is 2.37. The Morgan fingerprint density at radius 3 is 2.27 bits per heavy atom. The number of aliphatic hydroxyl groups is 1. The van der Waals surface area contributed by atoms with Crippen LogP contribution in [0.3, 0.4) is 0 Å². The number of alkyl halides is 3. The third kappa shape index (κ3) is 3.96. The van der Waals surface area contributed by atoms with E-state index in [1.807, 2.05) is 11.9 Å². The van der Waals surface area contributed by atoms with Gasteiger partial charge in [0.25, 0.3) is 0 Å². The molecule has 0 spiro atoms. The molecule has 0 aromatic carbocycles. The van der Waals surface area contributed by atoms with E-state index in [-0.39, 0.29) is 6.61 Å². The molecule has 0 atom stereocenters. The summed E-state index contributed by atoms with van der Waals surface area (Å²) in [7, 11) is 1.92. The van der Waals surface area contributed by atoms with Crippen LogP contribution in [0.4, 0.5) is 13.2 Å². The second kappa shape index (κ2) is 4.67. The van der Waals surface area contributed by atoms with Crippen LogP contribution >= 0.6 is 0 Å². The number of halogens is 3. The Morgan fingerprint density at radius 1 is 1.33 bits per heavy atom. The molecule has 15 heavy (non-hydrogen) atoms. The van der Waals surface area contributed by atoms with Crippen LogP contribution in [0.25, 0.3) is 0 Å². The van der Waals surface area contributed by atoms with Crippen molar-refractivity contribution in [3.63, 3.8) is 0 Å². The van der Waals surface area contributed by atoms with Crippen molar-refractivity contribution in [3.8, 4) is 0 Å². The number of hydrogen-bond donors (Lipinski definition) is 2. The normalized spacial score (nSPS) is 23.0. The summed E-state index contributed by atoms with van der Waals surface area (Å²) in [6.07, 6.45) is -3.11. The standard InChI is InChI=1S/C9H17F3N2O/c1-14-4-2-8(7-15,3-5-14)13-6-9(10,11)12/h13,15H,2-7H2,1H3. The number of piperidine rings is 1. The average molecular weight is 226 g/mol. The topological polar surface area (TPSA) is 35.5 Å². The van der Waals surface area contributed by atoms with Crippen LogP contribution in [0.2, 0.25) is 0 Å². The van der Waals surface area contributed by atoms with Gasteiger partial charge in [0.2, 0.25) is 0 Å². The van der Waals surface area contributed by atoms with Gasteiger partial charge in [-0.1, -0.05) is 0 Å². The fourth-order valence-corrected chi connectivity index (χ4v) is 1.73. The zero-order valence-electron chi connectivity index (χ0n) is 8.77. The molecule has 2 N–H and O–H groups in total. The van der Waals surface area contributed by atoms with Crippen LogP contribution in [0.15, 0.2) is 0 Å². The molecule has 1 aliphatic heterocycles. The minimum Gasteiger partial charge on any atom is -0.394 e. The van der Waals surface area contributed by atoms with Gasteiger partial charge in [0.05, 0.1) is 13.2 Å². The summed E-state index contributed by atoms with van der Waals surface area (Å²) in [5, 5.41) is 11.6. The average Bonchev–Trinajstić information content (AvgIpc) is 2.17. The molecule has 0 aromatic heterocycles. The lowest BCUT2D eigenvalue weighted by Crippen LogP contribution is -2.57. The summed E-state index contributed by atoms with van der Waals surface area (Å²) in [4.78, 5) is 2.04. The first kappa shape index (κ1) is 12.7. The Morgan fingerprint density at radius 2 is 1.87 bits per heavy atom. The minimum absolute atomic E-state index is 0.239. The predicted molar refractivity (Wildman–Crippen MR) is 50.6 cm³/mol. The number of aliphatic hydroxyl groups excluding tert-OH is 1. The Labute approximate surface area is 87.3 Å². The third-order valence-corrected chi connectivity index (χ3v) is 2.91. The molecular weight excluding hydrogens is 209 g/mol. The van der Waals surface area contributed by atoms with Gasteiger partial charge in [-0.05, 0) is 33.0 Å². The van der Waals surface area contributed by atoms with Gasteiger partial charge in [-0.2, -0.15) is 13.2 Å². The van der Waals surface area contributed by atoms with Crippen LogP contribution in [0.5, 0.6) is 0 Å². The van der Waals surface area contributed by atoms with E-state index in [0.29, 0.717) is 25.9 Å². The van der Waals surface area contributed by atoms with E-state index < -0.39 is 18.3 Å². The largest absolute Gasteiger partial charge is 0.401 e. The van der Waals surface area contributed by atoms with Crippen LogP contribution in [-0.4, -0.2) is 55.0 Å². The van der Waals surface area contributed by atoms with Gasteiger partial charge in [-0.3, -0.25) is 0 Å².